The van der Waals surface area contributed by atoms with Crippen LogP contribution in [-0.2, 0) is 13.1 Å². The first-order chi connectivity index (χ1) is 14.8. The van der Waals surface area contributed by atoms with E-state index < -0.39 is 0 Å². The fraction of sp³-hybridized carbons (Fsp3) is 0.160. The molecule has 0 aliphatic carbocycles. The molecule has 31 heavy (non-hydrogen) atoms. The molecule has 0 bridgehead atoms. The second kappa shape index (κ2) is 8.75. The number of carbonyl (C=O) groups is 1. The summed E-state index contributed by atoms with van der Waals surface area (Å²) in [5.41, 5.74) is 3.35. The van der Waals surface area contributed by atoms with Gasteiger partial charge >= 0.3 is 0 Å². The molecule has 1 aliphatic heterocycles. The SMILES string of the molecule is Cc1cc(O)c(CN(C)Cc2ccccc2)c2c1C(=O)/C(=C/c1c(Cl)cccc1Cl)O2. The van der Waals surface area contributed by atoms with Gasteiger partial charge in [0.2, 0.25) is 5.78 Å². The van der Waals surface area contributed by atoms with Crippen LogP contribution in [0.4, 0.5) is 0 Å². The molecule has 1 N–H and O–H groups in total. The maximum atomic E-state index is 13.1. The summed E-state index contributed by atoms with van der Waals surface area (Å²) in [6.07, 6.45) is 1.56. The van der Waals surface area contributed by atoms with Crippen molar-refractivity contribution < 1.29 is 14.6 Å². The highest BCUT2D eigenvalue weighted by Crippen LogP contribution is 2.43. The first kappa shape index (κ1) is 21.4. The number of carbonyl (C=O) groups excluding carboxylic acids is 1. The highest BCUT2D eigenvalue weighted by atomic mass is 35.5. The molecule has 6 heteroatoms. The zero-order chi connectivity index (χ0) is 22.1. The molecule has 0 saturated carbocycles. The lowest BCUT2D eigenvalue weighted by molar-refractivity contribution is 0.101. The molecular formula is C25H21Cl2NO3. The number of phenols is 1. The molecule has 0 radical (unpaired) electrons. The lowest BCUT2D eigenvalue weighted by Crippen LogP contribution is -2.17. The lowest BCUT2D eigenvalue weighted by Gasteiger charge is -2.19. The summed E-state index contributed by atoms with van der Waals surface area (Å²) in [5.74, 6) is 0.360. The van der Waals surface area contributed by atoms with Gasteiger partial charge in [0.05, 0.1) is 11.1 Å². The summed E-state index contributed by atoms with van der Waals surface area (Å²) >= 11 is 12.5. The monoisotopic (exact) mass is 453 g/mol. The molecule has 0 unspecified atom stereocenters. The van der Waals surface area contributed by atoms with Crippen molar-refractivity contribution in [3.63, 3.8) is 0 Å². The number of benzene rings is 3. The van der Waals surface area contributed by atoms with E-state index in [1.165, 1.54) is 0 Å². The van der Waals surface area contributed by atoms with E-state index >= 15 is 0 Å². The maximum Gasteiger partial charge on any atom is 0.232 e. The van der Waals surface area contributed by atoms with Gasteiger partial charge in [-0.3, -0.25) is 9.69 Å². The average molecular weight is 454 g/mol. The number of hydrogen-bond donors (Lipinski definition) is 1. The number of halogens is 2. The van der Waals surface area contributed by atoms with Gasteiger partial charge in [-0.25, -0.2) is 0 Å². The van der Waals surface area contributed by atoms with Crippen LogP contribution >= 0.6 is 23.2 Å². The quantitative estimate of drug-likeness (QED) is 0.463. The van der Waals surface area contributed by atoms with Crippen LogP contribution in [0, 0.1) is 6.92 Å². The minimum Gasteiger partial charge on any atom is -0.507 e. The Hall–Kier alpha value is -2.79. The zero-order valence-electron chi connectivity index (χ0n) is 17.2. The van der Waals surface area contributed by atoms with E-state index in [4.69, 9.17) is 27.9 Å². The predicted octanol–water partition coefficient (Wildman–Crippen LogP) is 6.26. The van der Waals surface area contributed by atoms with Crippen molar-refractivity contribution in [3.05, 3.63) is 98.2 Å². The van der Waals surface area contributed by atoms with Gasteiger partial charge in [0.15, 0.2) is 5.76 Å². The van der Waals surface area contributed by atoms with E-state index in [2.05, 4.69) is 4.90 Å². The summed E-state index contributed by atoms with van der Waals surface area (Å²) in [5, 5.41) is 11.5. The number of ketones is 1. The van der Waals surface area contributed by atoms with Crippen molar-refractivity contribution in [2.75, 3.05) is 7.05 Å². The molecular weight excluding hydrogens is 433 g/mol. The fourth-order valence-electron chi connectivity index (χ4n) is 3.73. The van der Waals surface area contributed by atoms with E-state index in [1.807, 2.05) is 37.4 Å². The highest BCUT2D eigenvalue weighted by molar-refractivity contribution is 6.37. The highest BCUT2D eigenvalue weighted by Gasteiger charge is 2.33. The zero-order valence-corrected chi connectivity index (χ0v) is 18.7. The van der Waals surface area contributed by atoms with E-state index in [1.54, 1.807) is 37.3 Å². The van der Waals surface area contributed by atoms with Crippen LogP contribution in [0.15, 0.2) is 60.4 Å². The molecule has 0 saturated heterocycles. The number of aryl methyl sites for hydroxylation is 1. The number of allylic oxidation sites excluding steroid dienone is 1. The van der Waals surface area contributed by atoms with Crippen molar-refractivity contribution in [2.24, 2.45) is 0 Å². The van der Waals surface area contributed by atoms with Gasteiger partial charge in [0.1, 0.15) is 11.5 Å². The second-order valence-electron chi connectivity index (χ2n) is 7.63. The minimum absolute atomic E-state index is 0.0981. The largest absolute Gasteiger partial charge is 0.507 e. The Morgan fingerprint density at radius 2 is 1.71 bits per heavy atom. The molecule has 1 heterocycles. The third kappa shape index (κ3) is 4.33. The fourth-order valence-corrected chi connectivity index (χ4v) is 4.24. The van der Waals surface area contributed by atoms with E-state index in [9.17, 15) is 9.90 Å². The van der Waals surface area contributed by atoms with Gasteiger partial charge in [0.25, 0.3) is 0 Å². The van der Waals surface area contributed by atoms with Crippen molar-refractivity contribution >= 4 is 35.1 Å². The Kier molecular flexibility index (Phi) is 6.05. The number of phenolic OH excluding ortho intramolecular Hbond substituents is 1. The molecule has 3 aromatic rings. The number of rotatable bonds is 5. The van der Waals surface area contributed by atoms with Crippen LogP contribution in [0.1, 0.15) is 32.6 Å². The number of hydrogen-bond acceptors (Lipinski definition) is 4. The topological polar surface area (TPSA) is 49.8 Å². The molecule has 0 spiro atoms. The average Bonchev–Trinajstić information content (AvgIpc) is 3.05. The van der Waals surface area contributed by atoms with Gasteiger partial charge in [-0.15, -0.1) is 0 Å². The van der Waals surface area contributed by atoms with Crippen LogP contribution in [0.25, 0.3) is 6.08 Å². The van der Waals surface area contributed by atoms with E-state index in [-0.39, 0.29) is 17.3 Å². The summed E-state index contributed by atoms with van der Waals surface area (Å²) in [6, 6.07) is 16.8. The van der Waals surface area contributed by atoms with Gasteiger partial charge in [-0.05, 0) is 49.4 Å². The van der Waals surface area contributed by atoms with Crippen LogP contribution in [0.3, 0.4) is 0 Å². The molecule has 0 aromatic heterocycles. The van der Waals surface area contributed by atoms with Gasteiger partial charge in [-0.1, -0.05) is 59.6 Å². The van der Waals surface area contributed by atoms with Crippen LogP contribution in [-0.4, -0.2) is 22.8 Å². The Balaban J connectivity index is 1.68. The predicted molar refractivity (Wildman–Crippen MR) is 124 cm³/mol. The number of fused-ring (bicyclic) bond motifs is 1. The van der Waals surface area contributed by atoms with Crippen molar-refractivity contribution in [3.8, 4) is 11.5 Å². The van der Waals surface area contributed by atoms with Gasteiger partial charge in [0, 0.05) is 28.7 Å². The van der Waals surface area contributed by atoms with E-state index in [0.29, 0.717) is 51.1 Å². The van der Waals surface area contributed by atoms with Gasteiger partial charge in [-0.2, -0.15) is 0 Å². The molecule has 4 rings (SSSR count). The van der Waals surface area contributed by atoms with Gasteiger partial charge < -0.3 is 9.84 Å². The number of aromatic hydroxyl groups is 1. The second-order valence-corrected chi connectivity index (χ2v) is 8.44. The third-order valence-corrected chi connectivity index (χ3v) is 5.88. The number of ether oxygens (including phenoxy) is 1. The van der Waals surface area contributed by atoms with E-state index in [0.717, 1.165) is 5.56 Å². The Morgan fingerprint density at radius 3 is 2.39 bits per heavy atom. The smallest absolute Gasteiger partial charge is 0.232 e. The molecule has 0 fully saturated rings. The van der Waals surface area contributed by atoms with Crippen LogP contribution in [0.2, 0.25) is 10.0 Å². The molecule has 0 atom stereocenters. The third-order valence-electron chi connectivity index (χ3n) is 5.22. The van der Waals surface area contributed by atoms with Crippen LogP contribution in [0.5, 0.6) is 11.5 Å². The number of nitrogens with zero attached hydrogens (tertiary/aromatic N) is 1. The van der Waals surface area contributed by atoms with Crippen molar-refractivity contribution in [2.45, 2.75) is 20.0 Å². The summed E-state index contributed by atoms with van der Waals surface area (Å²) in [4.78, 5) is 15.2. The molecule has 4 nitrogen and oxygen atoms in total. The van der Waals surface area contributed by atoms with Crippen molar-refractivity contribution in [1.82, 2.24) is 4.90 Å². The summed E-state index contributed by atoms with van der Waals surface area (Å²) < 4.78 is 5.98. The summed E-state index contributed by atoms with van der Waals surface area (Å²) in [6.45, 7) is 2.88. The summed E-state index contributed by atoms with van der Waals surface area (Å²) in [7, 11) is 1.95. The molecule has 158 valence electrons. The first-order valence-electron chi connectivity index (χ1n) is 9.81. The minimum atomic E-state index is -0.254. The molecule has 1 aliphatic rings. The lowest BCUT2D eigenvalue weighted by atomic mass is 9.99. The Labute approximate surface area is 191 Å². The molecule has 0 amide bonds. The molecule has 3 aromatic carbocycles. The Bertz CT molecular complexity index is 1170. The Morgan fingerprint density at radius 1 is 1.03 bits per heavy atom. The maximum absolute atomic E-state index is 13.1. The van der Waals surface area contributed by atoms with Crippen molar-refractivity contribution in [1.29, 1.82) is 0 Å². The number of Topliss-reactive ketones (excluding diaryl/α,β-unsaturated/α-hetero) is 1. The standard InChI is InChI=1S/C25H21Cl2NO3/c1-15-11-21(29)18(14-28(2)13-16-7-4-3-5-8-16)25-23(15)24(30)22(31-25)12-17-19(26)9-6-10-20(17)27/h3-12,29H,13-14H2,1-2H3/b22-12-. The van der Waals surface area contributed by atoms with Crippen LogP contribution < -0.4 is 4.74 Å². The normalized spacial score (nSPS) is 14.2. The first-order valence-corrected chi connectivity index (χ1v) is 10.6.